The maximum Gasteiger partial charge on any atom is 0.263 e. The zero-order chi connectivity index (χ0) is 17.3. The molecule has 3 heterocycles. The number of hydrogen-bond donors (Lipinski definition) is 0. The molecule has 0 unspecified atom stereocenters. The van der Waals surface area contributed by atoms with Gasteiger partial charge in [-0.2, -0.15) is 0 Å². The Kier molecular flexibility index (Phi) is 4.55. The Hall–Kier alpha value is -2.37. The van der Waals surface area contributed by atoms with Crippen LogP contribution in [0.1, 0.15) is 34.7 Å². The Labute approximate surface area is 141 Å². The van der Waals surface area contributed by atoms with Gasteiger partial charge in [-0.15, -0.1) is 0 Å². The minimum absolute atomic E-state index is 0.150. The zero-order valence-corrected chi connectivity index (χ0v) is 14.5. The van der Waals surface area contributed by atoms with E-state index in [0.29, 0.717) is 12.5 Å². The summed E-state index contributed by atoms with van der Waals surface area (Å²) in [7, 11) is 1.70. The molecule has 1 fully saturated rings. The number of nitrogens with zero attached hydrogens (tertiary/aromatic N) is 4. The van der Waals surface area contributed by atoms with E-state index in [1.807, 2.05) is 31.0 Å². The normalized spacial score (nSPS) is 18.0. The van der Waals surface area contributed by atoms with E-state index in [0.717, 1.165) is 37.4 Å². The van der Waals surface area contributed by atoms with Crippen molar-refractivity contribution < 1.29 is 4.79 Å². The van der Waals surface area contributed by atoms with Gasteiger partial charge in [0.05, 0.1) is 0 Å². The van der Waals surface area contributed by atoms with Gasteiger partial charge in [-0.3, -0.25) is 9.59 Å². The van der Waals surface area contributed by atoms with E-state index in [4.69, 9.17) is 0 Å². The van der Waals surface area contributed by atoms with Crippen LogP contribution in [0.4, 0.5) is 0 Å². The van der Waals surface area contributed by atoms with Crippen LogP contribution < -0.4 is 5.56 Å². The average Bonchev–Trinajstić information content (AvgIpc) is 2.97. The number of carbonyl (C=O) groups is 1. The average molecular weight is 328 g/mol. The standard InChI is InChI=1S/C18H24N4O2/c1-13-6-7-16(17(23)20(13)3)18(24)22-9-4-5-15(12-22)11-21-10-8-19-14(21)2/h6-8,10,15H,4-5,9,11-12H2,1-3H3/t15-/m1/s1. The number of hydrogen-bond acceptors (Lipinski definition) is 3. The smallest absolute Gasteiger partial charge is 0.263 e. The number of pyridine rings is 1. The molecule has 128 valence electrons. The van der Waals surface area contributed by atoms with E-state index < -0.39 is 0 Å². The van der Waals surface area contributed by atoms with Crippen LogP contribution in [0.25, 0.3) is 0 Å². The highest BCUT2D eigenvalue weighted by atomic mass is 16.2. The lowest BCUT2D eigenvalue weighted by Crippen LogP contribution is -2.43. The predicted molar refractivity (Wildman–Crippen MR) is 92.0 cm³/mol. The lowest BCUT2D eigenvalue weighted by Gasteiger charge is -2.33. The lowest BCUT2D eigenvalue weighted by molar-refractivity contribution is 0.0659. The van der Waals surface area contributed by atoms with Crippen molar-refractivity contribution in [3.63, 3.8) is 0 Å². The maximum absolute atomic E-state index is 12.8. The summed E-state index contributed by atoms with van der Waals surface area (Å²) in [5.74, 6) is 1.23. The zero-order valence-electron chi connectivity index (χ0n) is 14.5. The lowest BCUT2D eigenvalue weighted by atomic mass is 9.97. The van der Waals surface area contributed by atoms with Crippen molar-refractivity contribution in [2.45, 2.75) is 33.2 Å². The number of aryl methyl sites for hydroxylation is 2. The van der Waals surface area contributed by atoms with Crippen LogP contribution >= 0.6 is 0 Å². The van der Waals surface area contributed by atoms with Gasteiger partial charge in [0.25, 0.3) is 11.5 Å². The summed E-state index contributed by atoms with van der Waals surface area (Å²) < 4.78 is 3.66. The van der Waals surface area contributed by atoms with E-state index in [1.54, 1.807) is 19.3 Å². The highest BCUT2D eigenvalue weighted by Crippen LogP contribution is 2.20. The van der Waals surface area contributed by atoms with Gasteiger partial charge < -0.3 is 14.0 Å². The molecule has 3 rings (SSSR count). The number of amides is 1. The summed E-state index contributed by atoms with van der Waals surface area (Å²) in [6, 6.07) is 3.48. The molecule has 1 aliphatic rings. The fourth-order valence-electron chi connectivity index (χ4n) is 3.33. The van der Waals surface area contributed by atoms with Gasteiger partial charge in [-0.1, -0.05) is 0 Å². The molecule has 0 spiro atoms. The molecule has 1 saturated heterocycles. The van der Waals surface area contributed by atoms with Crippen LogP contribution in [0.5, 0.6) is 0 Å². The van der Waals surface area contributed by atoms with Gasteiger partial charge in [-0.25, -0.2) is 4.98 Å². The summed E-state index contributed by atoms with van der Waals surface area (Å²) in [6.45, 7) is 6.12. The summed E-state index contributed by atoms with van der Waals surface area (Å²) in [5.41, 5.74) is 0.902. The van der Waals surface area contributed by atoms with Crippen LogP contribution in [0.2, 0.25) is 0 Å². The summed E-state index contributed by atoms with van der Waals surface area (Å²) in [4.78, 5) is 31.2. The van der Waals surface area contributed by atoms with Crippen molar-refractivity contribution in [2.75, 3.05) is 13.1 Å². The number of imidazole rings is 1. The third-order valence-electron chi connectivity index (χ3n) is 4.97. The molecule has 6 heteroatoms. The predicted octanol–water partition coefficient (Wildman–Crippen LogP) is 1.75. The number of likely N-dealkylation sites (tertiary alicyclic amines) is 1. The van der Waals surface area contributed by atoms with E-state index in [1.165, 1.54) is 4.57 Å². The maximum atomic E-state index is 12.8. The monoisotopic (exact) mass is 328 g/mol. The first-order chi connectivity index (χ1) is 11.5. The molecule has 1 aliphatic heterocycles. The third-order valence-corrected chi connectivity index (χ3v) is 4.97. The number of piperidine rings is 1. The van der Waals surface area contributed by atoms with Gasteiger partial charge in [-0.05, 0) is 44.7 Å². The van der Waals surface area contributed by atoms with Crippen molar-refractivity contribution in [3.8, 4) is 0 Å². The van der Waals surface area contributed by atoms with E-state index in [2.05, 4.69) is 9.55 Å². The Morgan fingerprint density at radius 2 is 2.12 bits per heavy atom. The van der Waals surface area contributed by atoms with Crippen molar-refractivity contribution in [1.82, 2.24) is 19.0 Å². The molecular formula is C18H24N4O2. The molecule has 1 amide bonds. The summed E-state index contributed by atoms with van der Waals surface area (Å²) in [6.07, 6.45) is 5.84. The molecule has 2 aromatic rings. The fraction of sp³-hybridized carbons (Fsp3) is 0.500. The van der Waals surface area contributed by atoms with Gasteiger partial charge >= 0.3 is 0 Å². The van der Waals surface area contributed by atoms with Crippen molar-refractivity contribution in [1.29, 1.82) is 0 Å². The van der Waals surface area contributed by atoms with Gasteiger partial charge in [0.15, 0.2) is 0 Å². The van der Waals surface area contributed by atoms with Crippen molar-refractivity contribution in [2.24, 2.45) is 13.0 Å². The van der Waals surface area contributed by atoms with Gasteiger partial charge in [0.1, 0.15) is 11.4 Å². The number of carbonyl (C=O) groups excluding carboxylic acids is 1. The molecule has 0 bridgehead atoms. The molecule has 6 nitrogen and oxygen atoms in total. The first-order valence-corrected chi connectivity index (χ1v) is 8.41. The Morgan fingerprint density at radius 3 is 2.83 bits per heavy atom. The Balaban J connectivity index is 1.75. The second-order valence-corrected chi connectivity index (χ2v) is 6.64. The third kappa shape index (κ3) is 3.13. The van der Waals surface area contributed by atoms with Crippen molar-refractivity contribution >= 4 is 5.91 Å². The topological polar surface area (TPSA) is 60.1 Å². The fourth-order valence-corrected chi connectivity index (χ4v) is 3.33. The number of rotatable bonds is 3. The molecule has 0 radical (unpaired) electrons. The number of aromatic nitrogens is 3. The molecule has 0 aromatic carbocycles. The van der Waals surface area contributed by atoms with Crippen LogP contribution in [-0.4, -0.2) is 38.0 Å². The van der Waals surface area contributed by atoms with Crippen molar-refractivity contribution in [3.05, 3.63) is 52.0 Å². The molecule has 2 aromatic heterocycles. The van der Waals surface area contributed by atoms with Crippen LogP contribution in [-0.2, 0) is 13.6 Å². The quantitative estimate of drug-likeness (QED) is 0.862. The first kappa shape index (κ1) is 16.5. The SMILES string of the molecule is Cc1nccn1C[C@H]1CCCN(C(=O)c2ccc(C)n(C)c2=O)C1. The molecule has 1 atom stereocenters. The van der Waals surface area contributed by atoms with E-state index in [-0.39, 0.29) is 17.0 Å². The van der Waals surface area contributed by atoms with Crippen LogP contribution in [0.3, 0.4) is 0 Å². The second kappa shape index (κ2) is 6.63. The summed E-state index contributed by atoms with van der Waals surface area (Å²) >= 11 is 0. The second-order valence-electron chi connectivity index (χ2n) is 6.64. The Morgan fingerprint density at radius 1 is 1.33 bits per heavy atom. The molecular weight excluding hydrogens is 304 g/mol. The first-order valence-electron chi connectivity index (χ1n) is 8.41. The molecule has 0 N–H and O–H groups in total. The highest BCUT2D eigenvalue weighted by Gasteiger charge is 2.26. The summed E-state index contributed by atoms with van der Waals surface area (Å²) in [5, 5.41) is 0. The van der Waals surface area contributed by atoms with E-state index in [9.17, 15) is 9.59 Å². The molecule has 0 aliphatic carbocycles. The van der Waals surface area contributed by atoms with E-state index >= 15 is 0 Å². The minimum atomic E-state index is -0.215. The van der Waals surface area contributed by atoms with Crippen LogP contribution in [0, 0.1) is 19.8 Å². The van der Waals surface area contributed by atoms with Crippen LogP contribution in [0.15, 0.2) is 29.3 Å². The largest absolute Gasteiger partial charge is 0.338 e. The van der Waals surface area contributed by atoms with Gasteiger partial charge in [0, 0.05) is 44.8 Å². The molecule has 24 heavy (non-hydrogen) atoms. The Bertz CT molecular complexity index is 806. The highest BCUT2D eigenvalue weighted by molar-refractivity contribution is 5.94. The minimum Gasteiger partial charge on any atom is -0.338 e. The molecule has 0 saturated carbocycles. The van der Waals surface area contributed by atoms with Gasteiger partial charge in [0.2, 0.25) is 0 Å².